The third kappa shape index (κ3) is 3.72. The zero-order valence-corrected chi connectivity index (χ0v) is 13.4. The average molecular weight is 372 g/mol. The van der Waals surface area contributed by atoms with E-state index in [4.69, 9.17) is 16.3 Å². The van der Waals surface area contributed by atoms with Crippen molar-refractivity contribution in [1.29, 1.82) is 0 Å². The monoisotopic (exact) mass is 370 g/mol. The van der Waals surface area contributed by atoms with Gasteiger partial charge >= 0.3 is 5.69 Å². The highest BCUT2D eigenvalue weighted by molar-refractivity contribution is 9.10. The lowest BCUT2D eigenvalue weighted by Gasteiger charge is -2.10. The summed E-state index contributed by atoms with van der Waals surface area (Å²) in [5, 5.41) is 14.5. The molecule has 0 aromatic heterocycles. The van der Waals surface area contributed by atoms with E-state index < -0.39 is 4.92 Å². The van der Waals surface area contributed by atoms with Crippen molar-refractivity contribution in [2.75, 3.05) is 7.05 Å². The summed E-state index contributed by atoms with van der Waals surface area (Å²) >= 11 is 9.42. The van der Waals surface area contributed by atoms with Crippen LogP contribution in [-0.2, 0) is 6.54 Å². The number of nitro benzene ring substituents is 1. The van der Waals surface area contributed by atoms with Crippen molar-refractivity contribution in [3.8, 4) is 11.5 Å². The molecule has 2 aromatic carbocycles. The molecule has 0 heterocycles. The Morgan fingerprint density at radius 1 is 1.38 bits per heavy atom. The van der Waals surface area contributed by atoms with Crippen molar-refractivity contribution < 1.29 is 9.66 Å². The van der Waals surface area contributed by atoms with Gasteiger partial charge in [-0.25, -0.2) is 0 Å². The van der Waals surface area contributed by atoms with Crippen molar-refractivity contribution in [3.05, 3.63) is 61.6 Å². The Morgan fingerprint density at radius 3 is 2.76 bits per heavy atom. The van der Waals surface area contributed by atoms with E-state index in [1.807, 2.05) is 13.1 Å². The van der Waals surface area contributed by atoms with E-state index in [1.165, 1.54) is 6.07 Å². The van der Waals surface area contributed by atoms with Crippen LogP contribution in [0.15, 0.2) is 40.9 Å². The number of para-hydroxylation sites is 1. The lowest BCUT2D eigenvalue weighted by atomic mass is 10.2. The fourth-order valence-electron chi connectivity index (χ4n) is 1.79. The summed E-state index contributed by atoms with van der Waals surface area (Å²) in [6, 6.07) is 9.93. The van der Waals surface area contributed by atoms with Crippen molar-refractivity contribution in [2.45, 2.75) is 6.54 Å². The molecule has 1 N–H and O–H groups in total. The maximum atomic E-state index is 11.1. The fourth-order valence-corrected chi connectivity index (χ4v) is 2.47. The second-order valence-electron chi connectivity index (χ2n) is 4.24. The first-order valence-corrected chi connectivity index (χ1v) is 7.24. The van der Waals surface area contributed by atoms with Crippen molar-refractivity contribution in [2.24, 2.45) is 0 Å². The lowest BCUT2D eigenvalue weighted by Crippen LogP contribution is -2.04. The molecule has 0 fully saturated rings. The maximum absolute atomic E-state index is 11.1. The van der Waals surface area contributed by atoms with Crippen molar-refractivity contribution in [3.63, 3.8) is 0 Å². The largest absolute Gasteiger partial charge is 0.447 e. The zero-order chi connectivity index (χ0) is 15.4. The molecular formula is C14H12BrClN2O3. The first-order valence-electron chi connectivity index (χ1n) is 6.06. The van der Waals surface area contributed by atoms with Crippen LogP contribution in [0.2, 0.25) is 5.02 Å². The van der Waals surface area contributed by atoms with Crippen LogP contribution in [0.4, 0.5) is 5.69 Å². The Kier molecular flexibility index (Phi) is 5.17. The van der Waals surface area contributed by atoms with Crippen LogP contribution in [0.5, 0.6) is 11.5 Å². The van der Waals surface area contributed by atoms with Gasteiger partial charge in [0, 0.05) is 12.6 Å². The minimum absolute atomic E-state index is 0.125. The van der Waals surface area contributed by atoms with E-state index in [2.05, 4.69) is 21.2 Å². The van der Waals surface area contributed by atoms with E-state index >= 15 is 0 Å². The number of halogens is 2. The van der Waals surface area contributed by atoms with Crippen molar-refractivity contribution >= 4 is 33.2 Å². The smallest absolute Gasteiger partial charge is 0.312 e. The number of rotatable bonds is 5. The van der Waals surface area contributed by atoms with Crippen LogP contribution < -0.4 is 10.1 Å². The Morgan fingerprint density at radius 2 is 2.14 bits per heavy atom. The lowest BCUT2D eigenvalue weighted by molar-refractivity contribution is -0.385. The zero-order valence-electron chi connectivity index (χ0n) is 11.1. The molecule has 2 rings (SSSR count). The Balaban J connectivity index is 2.37. The van der Waals surface area contributed by atoms with Gasteiger partial charge in [0.25, 0.3) is 0 Å². The van der Waals surface area contributed by atoms with Crippen LogP contribution in [0.1, 0.15) is 5.56 Å². The molecule has 0 aliphatic heterocycles. The molecule has 0 radical (unpaired) electrons. The summed E-state index contributed by atoms with van der Waals surface area (Å²) in [7, 11) is 1.84. The number of nitro groups is 1. The molecule has 0 aliphatic rings. The molecule has 0 bridgehead atoms. The molecule has 0 atom stereocenters. The van der Waals surface area contributed by atoms with E-state index in [-0.39, 0.29) is 11.4 Å². The highest BCUT2D eigenvalue weighted by Crippen LogP contribution is 2.40. The molecule has 21 heavy (non-hydrogen) atoms. The van der Waals surface area contributed by atoms with Gasteiger partial charge in [-0.15, -0.1) is 0 Å². The van der Waals surface area contributed by atoms with Gasteiger partial charge in [-0.1, -0.05) is 23.7 Å². The van der Waals surface area contributed by atoms with Gasteiger partial charge in [0.2, 0.25) is 5.75 Å². The molecule has 0 aliphatic carbocycles. The second-order valence-corrected chi connectivity index (χ2v) is 5.50. The summed E-state index contributed by atoms with van der Waals surface area (Å²) < 4.78 is 6.12. The van der Waals surface area contributed by atoms with Crippen LogP contribution in [0, 0.1) is 10.1 Å². The molecular weight excluding hydrogens is 360 g/mol. The molecule has 0 saturated heterocycles. The molecule has 5 nitrogen and oxygen atoms in total. The quantitative estimate of drug-likeness (QED) is 0.620. The van der Waals surface area contributed by atoms with Crippen LogP contribution in [0.25, 0.3) is 0 Å². The topological polar surface area (TPSA) is 64.4 Å². The summed E-state index contributed by atoms with van der Waals surface area (Å²) in [6.45, 7) is 0.676. The summed E-state index contributed by atoms with van der Waals surface area (Å²) in [4.78, 5) is 10.6. The number of benzene rings is 2. The Bertz CT molecular complexity index is 679. The Labute approximate surface area is 135 Å². The summed E-state index contributed by atoms with van der Waals surface area (Å²) in [5.41, 5.74) is 0.872. The molecule has 0 saturated carbocycles. The fraction of sp³-hybridized carbons (Fsp3) is 0.143. The van der Waals surface area contributed by atoms with Crippen LogP contribution in [0.3, 0.4) is 0 Å². The van der Waals surface area contributed by atoms with Crippen LogP contribution >= 0.6 is 27.5 Å². The molecule has 110 valence electrons. The van der Waals surface area contributed by atoms with E-state index in [0.717, 1.165) is 5.56 Å². The number of hydrogen-bond acceptors (Lipinski definition) is 4. The standard InChI is InChI=1S/C14H12BrClN2O3/c1-17-8-9-5-6-13(11(16)7-9)21-14-10(15)3-2-4-12(14)18(19)20/h2-7,17H,8H2,1H3. The maximum Gasteiger partial charge on any atom is 0.312 e. The number of nitrogens with zero attached hydrogens (tertiary/aromatic N) is 1. The van der Waals surface area contributed by atoms with Gasteiger partial charge in [0.15, 0.2) is 0 Å². The Hall–Kier alpha value is -1.63. The van der Waals surface area contributed by atoms with E-state index in [1.54, 1.807) is 24.3 Å². The van der Waals surface area contributed by atoms with E-state index in [9.17, 15) is 10.1 Å². The van der Waals surface area contributed by atoms with Gasteiger partial charge in [-0.2, -0.15) is 0 Å². The first-order chi connectivity index (χ1) is 10.0. The minimum Gasteiger partial charge on any atom is -0.447 e. The van der Waals surface area contributed by atoms with Gasteiger partial charge in [-0.05, 0) is 46.7 Å². The number of ether oxygens (including phenoxy) is 1. The number of hydrogen-bond donors (Lipinski definition) is 1. The van der Waals surface area contributed by atoms with Gasteiger partial charge in [-0.3, -0.25) is 10.1 Å². The van der Waals surface area contributed by atoms with Gasteiger partial charge < -0.3 is 10.1 Å². The molecule has 7 heteroatoms. The average Bonchev–Trinajstić information content (AvgIpc) is 2.43. The predicted molar refractivity (Wildman–Crippen MR) is 85.1 cm³/mol. The molecule has 0 amide bonds. The van der Waals surface area contributed by atoms with E-state index in [0.29, 0.717) is 21.8 Å². The first kappa shape index (κ1) is 15.8. The predicted octanol–water partition coefficient (Wildman–Crippen LogP) is 4.52. The third-order valence-electron chi connectivity index (χ3n) is 2.73. The highest BCUT2D eigenvalue weighted by atomic mass is 79.9. The van der Waals surface area contributed by atoms with Crippen molar-refractivity contribution in [1.82, 2.24) is 5.32 Å². The van der Waals surface area contributed by atoms with Crippen LogP contribution in [-0.4, -0.2) is 12.0 Å². The minimum atomic E-state index is -0.497. The molecule has 2 aromatic rings. The third-order valence-corrected chi connectivity index (χ3v) is 3.65. The normalized spacial score (nSPS) is 10.4. The number of nitrogens with one attached hydrogen (secondary N) is 1. The SMILES string of the molecule is CNCc1ccc(Oc2c(Br)cccc2[N+](=O)[O-])c(Cl)c1. The van der Waals surface area contributed by atoms with Gasteiger partial charge in [0.1, 0.15) is 5.75 Å². The second kappa shape index (κ2) is 6.89. The van der Waals surface area contributed by atoms with Gasteiger partial charge in [0.05, 0.1) is 14.4 Å². The highest BCUT2D eigenvalue weighted by Gasteiger charge is 2.19. The molecule has 0 unspecified atom stereocenters. The molecule has 0 spiro atoms. The summed E-state index contributed by atoms with van der Waals surface area (Å²) in [6.07, 6.45) is 0. The summed E-state index contributed by atoms with van der Waals surface area (Å²) in [5.74, 6) is 0.497.